The molecule has 0 saturated carbocycles. The van der Waals surface area contributed by atoms with E-state index in [1.165, 1.54) is 0 Å². The number of benzene rings is 4. The third-order valence-corrected chi connectivity index (χ3v) is 13.4. The first-order chi connectivity index (χ1) is 27.6. The van der Waals surface area contributed by atoms with Crippen LogP contribution in [0.4, 0.5) is 23.0 Å². The Morgan fingerprint density at radius 2 is 0.862 bits per heavy atom. The van der Waals surface area contributed by atoms with E-state index in [0.717, 1.165) is 90.1 Å². The van der Waals surface area contributed by atoms with Gasteiger partial charge in [-0.15, -0.1) is 0 Å². The average molecular weight is 761 g/mol. The van der Waals surface area contributed by atoms with Crippen molar-refractivity contribution in [1.29, 1.82) is 0 Å². The number of aromatic nitrogens is 2. The Morgan fingerprint density at radius 3 is 1.22 bits per heavy atom. The number of nitrogens with one attached hydrogen (secondary N) is 1. The number of rotatable bonds is 4. The summed E-state index contributed by atoms with van der Waals surface area (Å²) in [5.41, 5.74) is 12.4. The van der Waals surface area contributed by atoms with Crippen LogP contribution in [0.25, 0.3) is 44.5 Å². The van der Waals surface area contributed by atoms with E-state index in [1.54, 1.807) is 0 Å². The molecule has 0 bridgehead atoms. The number of pyridine rings is 2. The van der Waals surface area contributed by atoms with Gasteiger partial charge in [-0.25, -0.2) is 9.97 Å². The predicted octanol–water partition coefficient (Wildman–Crippen LogP) is 10.4. The summed E-state index contributed by atoms with van der Waals surface area (Å²) in [7, 11) is 2.32. The minimum Gasteiger partial charge on any atom is -0.355 e. The Labute approximate surface area is 344 Å². The lowest BCUT2D eigenvalue weighted by atomic mass is 9.59. The minimum atomic E-state index is -0.219. The van der Waals surface area contributed by atoms with Crippen molar-refractivity contribution in [3.05, 3.63) is 122 Å². The number of fused-ring (bicyclic) bond motifs is 6. The number of aliphatic imine (C=N–C) groups is 2. The van der Waals surface area contributed by atoms with Gasteiger partial charge >= 0.3 is 0 Å². The van der Waals surface area contributed by atoms with E-state index < -0.39 is 0 Å². The third-order valence-electron chi connectivity index (χ3n) is 13.4. The second kappa shape index (κ2) is 13.3. The largest absolute Gasteiger partial charge is 0.355 e. The summed E-state index contributed by atoms with van der Waals surface area (Å²) < 4.78 is 0. The number of hydrogen-bond donors (Lipinski definition) is 1. The number of hydrogen-bond acceptors (Lipinski definition) is 7. The summed E-state index contributed by atoms with van der Waals surface area (Å²) in [4.78, 5) is 24.5. The molecule has 0 unspecified atom stereocenters. The molecular weight excluding hydrogens is 709 g/mol. The van der Waals surface area contributed by atoms with Gasteiger partial charge in [0.1, 0.15) is 23.3 Å². The first kappa shape index (κ1) is 37.6. The van der Waals surface area contributed by atoms with Crippen LogP contribution >= 0.6 is 0 Å². The molecule has 0 spiro atoms. The van der Waals surface area contributed by atoms with Crippen LogP contribution in [0, 0.1) is 0 Å². The molecule has 8 heteroatoms. The van der Waals surface area contributed by atoms with E-state index in [-0.39, 0.29) is 22.2 Å². The Kier molecular flexibility index (Phi) is 8.59. The van der Waals surface area contributed by atoms with Crippen molar-refractivity contribution < 1.29 is 0 Å². The van der Waals surface area contributed by atoms with Crippen molar-refractivity contribution in [3.8, 4) is 44.5 Å². The van der Waals surface area contributed by atoms with Crippen LogP contribution < -0.4 is 26.0 Å². The fourth-order valence-electron chi connectivity index (χ4n) is 8.98. The first-order valence-corrected chi connectivity index (χ1v) is 20.3. The highest BCUT2D eigenvalue weighted by Gasteiger charge is 2.49. The molecule has 1 radical (unpaired) electrons. The molecule has 58 heavy (non-hydrogen) atoms. The second-order valence-electron chi connectivity index (χ2n) is 18.0. The summed E-state index contributed by atoms with van der Waals surface area (Å²) >= 11 is 0. The van der Waals surface area contributed by atoms with Crippen molar-refractivity contribution >= 4 is 52.9 Å². The predicted molar refractivity (Wildman–Crippen MR) is 246 cm³/mol. The Balaban J connectivity index is 1.10. The molecule has 7 nitrogen and oxygen atoms in total. The molecule has 0 amide bonds. The van der Waals surface area contributed by atoms with E-state index in [4.69, 9.17) is 20.0 Å². The third kappa shape index (κ3) is 5.95. The Hall–Kier alpha value is -6.02. The van der Waals surface area contributed by atoms with Crippen molar-refractivity contribution in [2.24, 2.45) is 9.98 Å². The summed E-state index contributed by atoms with van der Waals surface area (Å²) in [5.74, 6) is 3.79. The molecule has 289 valence electrons. The van der Waals surface area contributed by atoms with Crippen LogP contribution in [0.3, 0.4) is 0 Å². The minimum absolute atomic E-state index is 0.203. The van der Waals surface area contributed by atoms with E-state index in [0.29, 0.717) is 0 Å². The van der Waals surface area contributed by atoms with Gasteiger partial charge in [0.25, 0.3) is 0 Å². The van der Waals surface area contributed by atoms with Gasteiger partial charge in [0.15, 0.2) is 7.28 Å². The molecule has 0 saturated heterocycles. The summed E-state index contributed by atoms with van der Waals surface area (Å²) in [6.07, 6.45) is 3.99. The quantitative estimate of drug-likeness (QED) is 0.181. The van der Waals surface area contributed by atoms with E-state index >= 15 is 0 Å². The molecule has 3 aliphatic heterocycles. The molecule has 4 aromatic carbocycles. The smallest absolute Gasteiger partial charge is 0.193 e. The highest BCUT2D eigenvalue weighted by Crippen LogP contribution is 2.43. The van der Waals surface area contributed by atoms with Crippen LogP contribution in [0.1, 0.15) is 69.2 Å². The summed E-state index contributed by atoms with van der Waals surface area (Å²) in [6, 6.07) is 39.4. The van der Waals surface area contributed by atoms with Gasteiger partial charge in [0.05, 0.1) is 22.2 Å². The normalized spacial score (nSPS) is 18.1. The van der Waals surface area contributed by atoms with Crippen LogP contribution in [-0.2, 0) is 0 Å². The van der Waals surface area contributed by atoms with Gasteiger partial charge in [-0.05, 0) is 140 Å². The van der Waals surface area contributed by atoms with Crippen LogP contribution in [-0.4, -0.2) is 51.1 Å². The maximum absolute atomic E-state index is 5.01. The molecule has 2 aromatic heterocycles. The maximum atomic E-state index is 5.01. The molecule has 1 N–H and O–H groups in total. The summed E-state index contributed by atoms with van der Waals surface area (Å²) in [5, 5.41) is 3.90. The van der Waals surface area contributed by atoms with Crippen molar-refractivity contribution in [2.45, 2.75) is 91.4 Å². The first-order valence-electron chi connectivity index (χ1n) is 20.3. The van der Waals surface area contributed by atoms with Crippen molar-refractivity contribution in [2.75, 3.05) is 15.1 Å². The molecule has 3 aliphatic rings. The number of anilines is 4. The highest BCUT2D eigenvalue weighted by atomic mass is 15.4. The lowest BCUT2D eigenvalue weighted by Crippen LogP contribution is -2.53. The maximum Gasteiger partial charge on any atom is 0.193 e. The fourth-order valence-corrected chi connectivity index (χ4v) is 8.98. The van der Waals surface area contributed by atoms with Gasteiger partial charge in [-0.3, -0.25) is 9.98 Å². The molecule has 0 fully saturated rings. The summed E-state index contributed by atoms with van der Waals surface area (Å²) in [6.45, 7) is 21.9. The van der Waals surface area contributed by atoms with E-state index in [9.17, 15) is 0 Å². The Morgan fingerprint density at radius 1 is 0.466 bits per heavy atom. The van der Waals surface area contributed by atoms with Crippen molar-refractivity contribution in [3.63, 3.8) is 0 Å². The van der Waals surface area contributed by atoms with Crippen molar-refractivity contribution in [1.82, 2.24) is 9.97 Å². The Bertz CT molecular complexity index is 2470. The molecule has 5 heterocycles. The van der Waals surface area contributed by atoms with Gasteiger partial charge in [-0.2, -0.15) is 0 Å². The topological polar surface area (TPSA) is 69.0 Å². The fraction of sp³-hybridized carbons (Fsp3) is 0.280. The zero-order valence-electron chi connectivity index (χ0n) is 35.3. The zero-order chi connectivity index (χ0) is 40.8. The highest BCUT2D eigenvalue weighted by molar-refractivity contribution is 6.70. The monoisotopic (exact) mass is 760 g/mol. The molecule has 0 aliphatic carbocycles. The average Bonchev–Trinajstić information content (AvgIpc) is 3.46. The SMILES string of the molecule is CC1=NC(C)(C)C(C)(C)N1c1ccc(-c2ccc3c(c2)-c2ccccc2[B]c2ccccc2-c2cc(-c4ccc(N5C(C)=NC(C)(C)C5(C)C)nc4)ccc2N3)cn1. The van der Waals surface area contributed by atoms with E-state index in [1.807, 2.05) is 12.4 Å². The zero-order valence-corrected chi connectivity index (χ0v) is 35.3. The second-order valence-corrected chi connectivity index (χ2v) is 18.0. The van der Waals surface area contributed by atoms with E-state index in [2.05, 4.69) is 201 Å². The van der Waals surface area contributed by atoms with Crippen LogP contribution in [0.5, 0.6) is 0 Å². The molecule has 9 rings (SSSR count). The molecule has 6 aromatic rings. The number of amidine groups is 2. The van der Waals surface area contributed by atoms with Gasteiger partial charge in [0, 0.05) is 46.0 Å². The van der Waals surface area contributed by atoms with Gasteiger partial charge in [-0.1, -0.05) is 71.6 Å². The van der Waals surface area contributed by atoms with Crippen LogP contribution in [0.15, 0.2) is 132 Å². The standard InChI is InChI=1S/C50H51BN7/c1-31-55-47(3,4)49(7,8)57(31)45-25-21-35(29-52-45)33-19-23-43-39(27-33)37-15-11-13-17-41(37)51-42-18-14-12-16-38(42)40-28-34(20-24-44(40)54-43)36-22-26-46(53-30-36)58-32(2)56-48(5,6)50(58,9)10/h11-30,54H,1-10H3. The molecular formula is C50H51BN7. The molecule has 0 atom stereocenters. The van der Waals surface area contributed by atoms with Gasteiger partial charge < -0.3 is 15.1 Å². The number of nitrogens with zero attached hydrogens (tertiary/aromatic N) is 6. The lowest BCUT2D eigenvalue weighted by Gasteiger charge is -2.40. The van der Waals surface area contributed by atoms with Gasteiger partial charge in [0.2, 0.25) is 0 Å². The lowest BCUT2D eigenvalue weighted by molar-refractivity contribution is 0.337. The van der Waals surface area contributed by atoms with Crippen LogP contribution in [0.2, 0.25) is 0 Å².